The first kappa shape index (κ1) is 14.7. The Balaban J connectivity index is 2.32. The van der Waals surface area contributed by atoms with E-state index in [0.717, 1.165) is 12.1 Å². The monoisotopic (exact) mass is 325 g/mol. The van der Waals surface area contributed by atoms with Gasteiger partial charge in [-0.2, -0.15) is 26.7 Å². The number of hydrogen-bond donors (Lipinski definition) is 2. The van der Waals surface area contributed by atoms with Crippen molar-refractivity contribution >= 4 is 27.3 Å². The number of alkyl halides is 3. The molecular weight excluding hydrogens is 319 g/mol. The van der Waals surface area contributed by atoms with Crippen LogP contribution in [0.5, 0.6) is 0 Å². The molecule has 2 N–H and O–H groups in total. The van der Waals surface area contributed by atoms with Crippen molar-refractivity contribution in [1.29, 1.82) is 0 Å². The molecule has 0 radical (unpaired) electrons. The van der Waals surface area contributed by atoms with E-state index in [4.69, 9.17) is 11.6 Å². The van der Waals surface area contributed by atoms with Crippen LogP contribution in [0.25, 0.3) is 0 Å². The lowest BCUT2D eigenvalue weighted by Crippen LogP contribution is -2.14. The van der Waals surface area contributed by atoms with Crippen LogP contribution < -0.4 is 4.72 Å². The third-order valence-electron chi connectivity index (χ3n) is 2.31. The summed E-state index contributed by atoms with van der Waals surface area (Å²) in [5.74, 6) is 0. The van der Waals surface area contributed by atoms with E-state index in [-0.39, 0.29) is 15.7 Å². The summed E-state index contributed by atoms with van der Waals surface area (Å²) in [6, 6.07) is 3.52. The van der Waals surface area contributed by atoms with Crippen molar-refractivity contribution in [3.63, 3.8) is 0 Å². The molecule has 2 aromatic rings. The summed E-state index contributed by atoms with van der Waals surface area (Å²) < 4.78 is 63.1. The molecule has 1 aromatic heterocycles. The average Bonchev–Trinajstić information content (AvgIpc) is 2.84. The highest BCUT2D eigenvalue weighted by Crippen LogP contribution is 2.34. The van der Waals surface area contributed by atoms with Gasteiger partial charge in [0.1, 0.15) is 0 Å². The molecule has 0 aliphatic rings. The predicted molar refractivity (Wildman–Crippen MR) is 65.9 cm³/mol. The summed E-state index contributed by atoms with van der Waals surface area (Å²) in [5.41, 5.74) is -1.12. The number of aromatic amines is 1. The van der Waals surface area contributed by atoms with Crippen LogP contribution in [-0.4, -0.2) is 18.6 Å². The molecule has 0 aliphatic heterocycles. The van der Waals surface area contributed by atoms with Gasteiger partial charge in [0, 0.05) is 0 Å². The van der Waals surface area contributed by atoms with Crippen LogP contribution in [0.4, 0.5) is 18.9 Å². The lowest BCUT2D eigenvalue weighted by atomic mass is 10.2. The molecule has 1 heterocycles. The van der Waals surface area contributed by atoms with Gasteiger partial charge < -0.3 is 0 Å². The number of sulfonamides is 1. The standard InChI is InChI=1S/C10H7ClF3N3O2S/c11-7-5-6(10(12,13)14)1-2-8(7)17-20(18,19)9-3-4-15-16-9/h1-5,17H,(H,15,16). The normalized spacial score (nSPS) is 12.4. The van der Waals surface area contributed by atoms with Gasteiger partial charge >= 0.3 is 6.18 Å². The number of anilines is 1. The number of halogens is 4. The maximum absolute atomic E-state index is 12.5. The minimum Gasteiger partial charge on any atom is -0.277 e. The van der Waals surface area contributed by atoms with Gasteiger partial charge in [-0.1, -0.05) is 11.6 Å². The number of hydrogen-bond acceptors (Lipinski definition) is 3. The molecule has 0 aliphatic carbocycles. The summed E-state index contributed by atoms with van der Waals surface area (Å²) >= 11 is 5.65. The van der Waals surface area contributed by atoms with E-state index >= 15 is 0 Å². The highest BCUT2D eigenvalue weighted by Gasteiger charge is 2.31. The van der Waals surface area contributed by atoms with E-state index in [0.29, 0.717) is 6.07 Å². The second-order valence-corrected chi connectivity index (χ2v) is 5.78. The number of rotatable bonds is 3. The number of nitrogens with zero attached hydrogens (tertiary/aromatic N) is 1. The molecule has 0 fully saturated rings. The Morgan fingerprint density at radius 3 is 2.45 bits per heavy atom. The molecule has 20 heavy (non-hydrogen) atoms. The molecule has 2 rings (SSSR count). The SMILES string of the molecule is O=S(=O)(Nc1ccc(C(F)(F)F)cc1Cl)c1ccn[nH]1. The molecule has 0 atom stereocenters. The van der Waals surface area contributed by atoms with Crippen molar-refractivity contribution in [1.82, 2.24) is 10.2 Å². The largest absolute Gasteiger partial charge is 0.416 e. The summed E-state index contributed by atoms with van der Waals surface area (Å²) in [4.78, 5) is 0. The first-order valence-electron chi connectivity index (χ1n) is 5.09. The minimum atomic E-state index is -4.55. The Labute approximate surface area is 116 Å². The lowest BCUT2D eigenvalue weighted by Gasteiger charge is -2.11. The molecule has 0 amide bonds. The van der Waals surface area contributed by atoms with Crippen LogP contribution in [-0.2, 0) is 16.2 Å². The number of benzene rings is 1. The van der Waals surface area contributed by atoms with Crippen molar-refractivity contribution in [2.45, 2.75) is 11.2 Å². The summed E-state index contributed by atoms with van der Waals surface area (Å²) in [7, 11) is -3.97. The third kappa shape index (κ3) is 3.05. The van der Waals surface area contributed by atoms with Gasteiger partial charge in [-0.05, 0) is 24.3 Å². The van der Waals surface area contributed by atoms with E-state index in [1.807, 2.05) is 0 Å². The zero-order valence-corrected chi connectivity index (χ0v) is 11.1. The Bertz CT molecular complexity index is 714. The van der Waals surface area contributed by atoms with E-state index in [9.17, 15) is 21.6 Å². The molecule has 0 unspecified atom stereocenters. The Kier molecular flexibility index (Phi) is 3.65. The van der Waals surface area contributed by atoms with Gasteiger partial charge in [0.15, 0.2) is 5.03 Å². The van der Waals surface area contributed by atoms with Crippen LogP contribution in [0.3, 0.4) is 0 Å². The highest BCUT2D eigenvalue weighted by atomic mass is 35.5. The van der Waals surface area contributed by atoms with Crippen molar-refractivity contribution < 1.29 is 21.6 Å². The van der Waals surface area contributed by atoms with Crippen LogP contribution in [0.15, 0.2) is 35.5 Å². The molecule has 5 nitrogen and oxygen atoms in total. The van der Waals surface area contributed by atoms with Gasteiger partial charge in [-0.15, -0.1) is 0 Å². The summed E-state index contributed by atoms with van der Waals surface area (Å²) in [6.45, 7) is 0. The first-order chi connectivity index (χ1) is 9.20. The van der Waals surface area contributed by atoms with Crippen molar-refractivity contribution in [2.75, 3.05) is 4.72 Å². The second-order valence-electron chi connectivity index (χ2n) is 3.72. The Hall–Kier alpha value is -1.74. The quantitative estimate of drug-likeness (QED) is 0.911. The van der Waals surface area contributed by atoms with Gasteiger partial charge in [-0.25, -0.2) is 0 Å². The van der Waals surface area contributed by atoms with Gasteiger partial charge in [0.25, 0.3) is 10.0 Å². The molecular formula is C10H7ClF3N3O2S. The smallest absolute Gasteiger partial charge is 0.277 e. The molecule has 0 saturated heterocycles. The number of H-pyrrole nitrogens is 1. The van der Waals surface area contributed by atoms with E-state index in [1.54, 1.807) is 0 Å². The predicted octanol–water partition coefficient (Wildman–Crippen LogP) is 2.88. The molecule has 0 spiro atoms. The fourth-order valence-electron chi connectivity index (χ4n) is 1.37. The second kappa shape index (κ2) is 4.98. The van der Waals surface area contributed by atoms with E-state index in [2.05, 4.69) is 14.9 Å². The zero-order valence-electron chi connectivity index (χ0n) is 9.57. The molecule has 10 heteroatoms. The van der Waals surface area contributed by atoms with Crippen LogP contribution in [0.2, 0.25) is 5.02 Å². The molecule has 108 valence electrons. The lowest BCUT2D eigenvalue weighted by molar-refractivity contribution is -0.137. The highest BCUT2D eigenvalue weighted by molar-refractivity contribution is 7.92. The van der Waals surface area contributed by atoms with Gasteiger partial charge in [0.2, 0.25) is 0 Å². The molecule has 0 saturated carbocycles. The van der Waals surface area contributed by atoms with Gasteiger partial charge in [0.05, 0.1) is 22.5 Å². The van der Waals surface area contributed by atoms with Crippen molar-refractivity contribution in [3.8, 4) is 0 Å². The fourth-order valence-corrected chi connectivity index (χ4v) is 2.64. The maximum Gasteiger partial charge on any atom is 0.416 e. The number of nitrogens with one attached hydrogen (secondary N) is 2. The van der Waals surface area contributed by atoms with Gasteiger partial charge in [-0.3, -0.25) is 9.82 Å². The average molecular weight is 326 g/mol. The van der Waals surface area contributed by atoms with Crippen molar-refractivity contribution in [2.24, 2.45) is 0 Å². The van der Waals surface area contributed by atoms with E-state index in [1.165, 1.54) is 12.3 Å². The summed E-state index contributed by atoms with van der Waals surface area (Å²) in [6.07, 6.45) is -3.33. The molecule has 0 bridgehead atoms. The van der Waals surface area contributed by atoms with Crippen LogP contribution in [0.1, 0.15) is 5.56 Å². The number of aromatic nitrogens is 2. The third-order valence-corrected chi connectivity index (χ3v) is 3.91. The summed E-state index contributed by atoms with van der Waals surface area (Å²) in [5, 5.41) is 5.12. The van der Waals surface area contributed by atoms with Crippen LogP contribution in [0, 0.1) is 0 Å². The Morgan fingerprint density at radius 2 is 1.95 bits per heavy atom. The topological polar surface area (TPSA) is 74.8 Å². The maximum atomic E-state index is 12.5. The van der Waals surface area contributed by atoms with Crippen LogP contribution >= 0.6 is 11.6 Å². The van der Waals surface area contributed by atoms with E-state index < -0.39 is 21.8 Å². The minimum absolute atomic E-state index is 0.158. The Morgan fingerprint density at radius 1 is 1.25 bits per heavy atom. The molecule has 1 aromatic carbocycles. The first-order valence-corrected chi connectivity index (χ1v) is 6.95. The van der Waals surface area contributed by atoms with Crippen molar-refractivity contribution in [3.05, 3.63) is 41.0 Å². The zero-order chi connectivity index (χ0) is 15.0. The fraction of sp³-hybridized carbons (Fsp3) is 0.100.